The Balaban J connectivity index is 2.97. The highest BCUT2D eigenvalue weighted by Gasteiger charge is 2.13. The highest BCUT2D eigenvalue weighted by Crippen LogP contribution is 2.36. The number of ether oxygens (including phenoxy) is 2. The van der Waals surface area contributed by atoms with E-state index in [0.29, 0.717) is 34.6 Å². The summed E-state index contributed by atoms with van der Waals surface area (Å²) in [5.41, 5.74) is 0.494. The van der Waals surface area contributed by atoms with Gasteiger partial charge < -0.3 is 14.6 Å². The minimum absolute atomic E-state index is 0.196. The zero-order valence-corrected chi connectivity index (χ0v) is 12.0. The summed E-state index contributed by atoms with van der Waals surface area (Å²) in [5, 5.41) is 18.4. The van der Waals surface area contributed by atoms with E-state index in [4.69, 9.17) is 14.7 Å². The third-order valence-electron chi connectivity index (χ3n) is 2.33. The molecule has 98 valence electrons. The molecule has 18 heavy (non-hydrogen) atoms. The Kier molecular flexibility index (Phi) is 5.96. The maximum Gasteiger partial charge on any atom is 0.175 e. The first-order chi connectivity index (χ1) is 8.62. The van der Waals surface area contributed by atoms with Crippen LogP contribution < -0.4 is 9.47 Å². The molecule has 1 aromatic carbocycles. The molecule has 0 radical (unpaired) electrons. The molecule has 0 saturated carbocycles. The van der Waals surface area contributed by atoms with Gasteiger partial charge in [0.2, 0.25) is 0 Å². The summed E-state index contributed by atoms with van der Waals surface area (Å²) >= 11 is 3.34. The Morgan fingerprint density at radius 2 is 2.11 bits per heavy atom. The molecule has 0 spiro atoms. The van der Waals surface area contributed by atoms with Crippen LogP contribution in [0.3, 0.4) is 0 Å². The molecule has 0 saturated heterocycles. The maximum absolute atomic E-state index is 9.50. The molecule has 1 atom stereocenters. The summed E-state index contributed by atoms with van der Waals surface area (Å²) in [7, 11) is 0. The molecule has 0 bridgehead atoms. The molecule has 1 rings (SSSR count). The van der Waals surface area contributed by atoms with Gasteiger partial charge in [-0.1, -0.05) is 6.92 Å². The van der Waals surface area contributed by atoms with Crippen molar-refractivity contribution in [1.82, 2.24) is 0 Å². The number of benzene rings is 1. The zero-order chi connectivity index (χ0) is 13.5. The number of halogens is 1. The average molecular weight is 314 g/mol. The molecule has 0 aromatic heterocycles. The molecular weight excluding hydrogens is 298 g/mol. The van der Waals surface area contributed by atoms with Gasteiger partial charge in [0.05, 0.1) is 28.8 Å². The minimum Gasteiger partial charge on any atom is -0.490 e. The summed E-state index contributed by atoms with van der Waals surface area (Å²) in [6, 6.07) is 5.34. The van der Waals surface area contributed by atoms with Crippen molar-refractivity contribution < 1.29 is 14.6 Å². The molecule has 1 aromatic rings. The second-order valence-corrected chi connectivity index (χ2v) is 4.56. The topological polar surface area (TPSA) is 62.5 Å². The first-order valence-electron chi connectivity index (χ1n) is 5.79. The van der Waals surface area contributed by atoms with Gasteiger partial charge in [-0.25, -0.2) is 0 Å². The van der Waals surface area contributed by atoms with Crippen molar-refractivity contribution in [3.63, 3.8) is 0 Å². The van der Waals surface area contributed by atoms with Gasteiger partial charge in [0, 0.05) is 6.07 Å². The highest BCUT2D eigenvalue weighted by atomic mass is 79.9. The van der Waals surface area contributed by atoms with Gasteiger partial charge in [-0.2, -0.15) is 5.26 Å². The van der Waals surface area contributed by atoms with Crippen molar-refractivity contribution >= 4 is 15.9 Å². The van der Waals surface area contributed by atoms with Crippen LogP contribution >= 0.6 is 15.9 Å². The summed E-state index contributed by atoms with van der Waals surface area (Å²) in [6.07, 6.45) is 0.111. The molecule has 0 amide bonds. The van der Waals surface area contributed by atoms with Crippen LogP contribution in [0.25, 0.3) is 0 Å². The number of hydrogen-bond donors (Lipinski definition) is 1. The van der Waals surface area contributed by atoms with Crippen LogP contribution in [0.15, 0.2) is 16.6 Å². The van der Waals surface area contributed by atoms with E-state index < -0.39 is 6.10 Å². The van der Waals surface area contributed by atoms with Gasteiger partial charge in [-0.3, -0.25) is 0 Å². The first-order valence-corrected chi connectivity index (χ1v) is 6.58. The van der Waals surface area contributed by atoms with Gasteiger partial charge in [0.1, 0.15) is 6.61 Å². The summed E-state index contributed by atoms with van der Waals surface area (Å²) in [6.45, 7) is 4.41. The number of nitrogens with zero attached hydrogens (tertiary/aromatic N) is 1. The van der Waals surface area contributed by atoms with Crippen LogP contribution in [-0.2, 0) is 0 Å². The number of aliphatic hydroxyl groups excluding tert-OH is 1. The van der Waals surface area contributed by atoms with Crippen LogP contribution in [0.2, 0.25) is 0 Å². The summed E-state index contributed by atoms with van der Waals surface area (Å²) in [4.78, 5) is 0. The number of rotatable bonds is 6. The molecular formula is C13H16BrNO3. The smallest absolute Gasteiger partial charge is 0.175 e. The second kappa shape index (κ2) is 7.24. The SMILES string of the molecule is CCOc1cc(C#N)cc(Br)c1OCC(O)CC. The lowest BCUT2D eigenvalue weighted by Crippen LogP contribution is -2.16. The van der Waals surface area contributed by atoms with Crippen LogP contribution in [0.4, 0.5) is 0 Å². The quantitative estimate of drug-likeness (QED) is 0.877. The first kappa shape index (κ1) is 14.8. The lowest BCUT2D eigenvalue weighted by molar-refractivity contribution is 0.102. The van der Waals surface area contributed by atoms with Crippen molar-refractivity contribution in [1.29, 1.82) is 5.26 Å². The van der Waals surface area contributed by atoms with Gasteiger partial charge in [0.25, 0.3) is 0 Å². The van der Waals surface area contributed by atoms with E-state index in [2.05, 4.69) is 22.0 Å². The summed E-state index contributed by atoms with van der Waals surface area (Å²) in [5.74, 6) is 1.02. The predicted molar refractivity (Wildman–Crippen MR) is 71.8 cm³/mol. The fourth-order valence-electron chi connectivity index (χ4n) is 1.33. The number of aliphatic hydroxyl groups is 1. The molecule has 0 fully saturated rings. The molecule has 1 N–H and O–H groups in total. The fraction of sp³-hybridized carbons (Fsp3) is 0.462. The number of nitriles is 1. The highest BCUT2D eigenvalue weighted by molar-refractivity contribution is 9.10. The molecule has 1 unspecified atom stereocenters. The Morgan fingerprint density at radius 3 is 2.67 bits per heavy atom. The van der Waals surface area contributed by atoms with E-state index in [1.807, 2.05) is 13.8 Å². The Labute approximate surface area is 115 Å². The Morgan fingerprint density at radius 1 is 1.39 bits per heavy atom. The zero-order valence-electron chi connectivity index (χ0n) is 10.4. The lowest BCUT2D eigenvalue weighted by atomic mass is 10.2. The third-order valence-corrected chi connectivity index (χ3v) is 2.92. The molecule has 0 aliphatic heterocycles. The molecule has 5 heteroatoms. The fourth-order valence-corrected chi connectivity index (χ4v) is 1.89. The van der Waals surface area contributed by atoms with Gasteiger partial charge in [0.15, 0.2) is 11.5 Å². The van der Waals surface area contributed by atoms with E-state index >= 15 is 0 Å². The van der Waals surface area contributed by atoms with Gasteiger partial charge in [-0.05, 0) is 35.3 Å². The largest absolute Gasteiger partial charge is 0.490 e. The van der Waals surface area contributed by atoms with E-state index in [9.17, 15) is 5.11 Å². The van der Waals surface area contributed by atoms with E-state index in [-0.39, 0.29) is 6.61 Å². The van der Waals surface area contributed by atoms with Crippen molar-refractivity contribution in [3.05, 3.63) is 22.2 Å². The van der Waals surface area contributed by atoms with E-state index in [0.717, 1.165) is 0 Å². The Bertz CT molecular complexity index is 443. The van der Waals surface area contributed by atoms with Crippen molar-refractivity contribution in [2.45, 2.75) is 26.4 Å². The Hall–Kier alpha value is -1.25. The molecule has 0 aliphatic rings. The normalized spacial score (nSPS) is 11.7. The monoisotopic (exact) mass is 313 g/mol. The predicted octanol–water partition coefficient (Wildman–Crippen LogP) is 2.87. The minimum atomic E-state index is -0.512. The van der Waals surface area contributed by atoms with Crippen LogP contribution in [-0.4, -0.2) is 24.4 Å². The van der Waals surface area contributed by atoms with Gasteiger partial charge in [-0.15, -0.1) is 0 Å². The molecule has 0 aliphatic carbocycles. The molecule has 0 heterocycles. The maximum atomic E-state index is 9.50. The number of hydrogen-bond acceptors (Lipinski definition) is 4. The van der Waals surface area contributed by atoms with Crippen LogP contribution in [0.1, 0.15) is 25.8 Å². The summed E-state index contributed by atoms with van der Waals surface area (Å²) < 4.78 is 11.6. The van der Waals surface area contributed by atoms with Crippen molar-refractivity contribution in [2.24, 2.45) is 0 Å². The van der Waals surface area contributed by atoms with Gasteiger partial charge >= 0.3 is 0 Å². The van der Waals surface area contributed by atoms with Crippen molar-refractivity contribution in [3.8, 4) is 17.6 Å². The lowest BCUT2D eigenvalue weighted by Gasteiger charge is -2.15. The standard InChI is InChI=1S/C13H16BrNO3/c1-3-10(16)8-18-13-11(14)5-9(7-15)6-12(13)17-4-2/h5-6,10,16H,3-4,8H2,1-2H3. The van der Waals surface area contributed by atoms with Crippen LogP contribution in [0, 0.1) is 11.3 Å². The third kappa shape index (κ3) is 3.90. The molecule has 4 nitrogen and oxygen atoms in total. The van der Waals surface area contributed by atoms with E-state index in [1.54, 1.807) is 12.1 Å². The average Bonchev–Trinajstić information content (AvgIpc) is 2.37. The van der Waals surface area contributed by atoms with Crippen molar-refractivity contribution in [2.75, 3.05) is 13.2 Å². The van der Waals surface area contributed by atoms with E-state index in [1.165, 1.54) is 0 Å². The van der Waals surface area contributed by atoms with Crippen LogP contribution in [0.5, 0.6) is 11.5 Å². The second-order valence-electron chi connectivity index (χ2n) is 3.70.